The van der Waals surface area contributed by atoms with Crippen LogP contribution in [0.4, 0.5) is 11.4 Å². The molecule has 1 N–H and O–H groups in total. The number of Topliss-reactive ketones (excluding diaryl/α,β-unsaturated/α-hetero) is 1. The SMILES string of the molecule is COC(=O)c1ccc(C2C3=C(CC(c4ccc(OC)cc4)CC3=O)Nc3ccccc3N2C(=O)CC(C)C)cc1. The largest absolute Gasteiger partial charge is 0.497 e. The number of hydrogen-bond donors (Lipinski definition) is 1. The highest BCUT2D eigenvalue weighted by Crippen LogP contribution is 2.47. The van der Waals surface area contributed by atoms with Crippen molar-refractivity contribution < 1.29 is 23.9 Å². The lowest BCUT2D eigenvalue weighted by atomic mass is 9.78. The number of nitrogens with zero attached hydrogens (tertiary/aromatic N) is 1. The van der Waals surface area contributed by atoms with Crippen LogP contribution in [-0.4, -0.2) is 31.9 Å². The molecule has 0 fully saturated rings. The highest BCUT2D eigenvalue weighted by Gasteiger charge is 2.41. The number of carbonyl (C=O) groups excluding carboxylic acids is 3. The van der Waals surface area contributed by atoms with Gasteiger partial charge in [0.2, 0.25) is 5.91 Å². The van der Waals surface area contributed by atoms with E-state index in [4.69, 9.17) is 9.47 Å². The van der Waals surface area contributed by atoms with Gasteiger partial charge in [-0.3, -0.25) is 14.5 Å². The number of ketones is 1. The molecule has 7 nitrogen and oxygen atoms in total. The second-order valence-corrected chi connectivity index (χ2v) is 10.7. The predicted molar refractivity (Wildman–Crippen MR) is 155 cm³/mol. The van der Waals surface area contributed by atoms with Crippen molar-refractivity contribution in [1.82, 2.24) is 0 Å². The molecule has 0 bridgehead atoms. The quantitative estimate of drug-likeness (QED) is 0.364. The third-order valence-electron chi connectivity index (χ3n) is 7.57. The molecule has 0 radical (unpaired) electrons. The Morgan fingerprint density at radius 1 is 0.925 bits per heavy atom. The lowest BCUT2D eigenvalue weighted by molar-refractivity contribution is -0.119. The van der Waals surface area contributed by atoms with Gasteiger partial charge in [0.1, 0.15) is 5.75 Å². The molecule has 2 unspecified atom stereocenters. The zero-order valence-electron chi connectivity index (χ0n) is 23.3. The summed E-state index contributed by atoms with van der Waals surface area (Å²) in [6.45, 7) is 4.02. The van der Waals surface area contributed by atoms with Gasteiger partial charge in [0.25, 0.3) is 0 Å². The highest BCUT2D eigenvalue weighted by molar-refractivity contribution is 6.06. The maximum Gasteiger partial charge on any atom is 0.337 e. The summed E-state index contributed by atoms with van der Waals surface area (Å²) in [7, 11) is 2.97. The number of hydrogen-bond acceptors (Lipinski definition) is 6. The third kappa shape index (κ3) is 5.24. The Hall–Kier alpha value is -4.39. The van der Waals surface area contributed by atoms with Gasteiger partial charge in [-0.15, -0.1) is 0 Å². The number of benzene rings is 3. The molecule has 0 saturated carbocycles. The zero-order chi connectivity index (χ0) is 28.4. The molecule has 0 spiro atoms. The van der Waals surface area contributed by atoms with Crippen LogP contribution in [0.15, 0.2) is 84.1 Å². The van der Waals surface area contributed by atoms with Gasteiger partial charge in [0.15, 0.2) is 5.78 Å². The molecule has 3 aromatic rings. The number of ether oxygens (including phenoxy) is 2. The van der Waals surface area contributed by atoms with E-state index < -0.39 is 12.0 Å². The van der Waals surface area contributed by atoms with E-state index in [-0.39, 0.29) is 23.5 Å². The minimum Gasteiger partial charge on any atom is -0.497 e. The smallest absolute Gasteiger partial charge is 0.337 e. The number of rotatable bonds is 6. The first-order valence-corrected chi connectivity index (χ1v) is 13.6. The van der Waals surface area contributed by atoms with E-state index in [1.165, 1.54) is 7.11 Å². The van der Waals surface area contributed by atoms with Crippen LogP contribution in [-0.2, 0) is 14.3 Å². The van der Waals surface area contributed by atoms with Crippen molar-refractivity contribution in [3.63, 3.8) is 0 Å². The standard InChI is InChI=1S/C33H34N2O5/c1-20(2)17-30(37)35-28-8-6-5-7-26(28)34-27-18-24(21-13-15-25(39-3)16-14-21)19-29(36)31(27)32(35)22-9-11-23(12-10-22)33(38)40-4/h5-16,20,24,32,34H,17-19H2,1-4H3. The molecule has 2 aliphatic rings. The lowest BCUT2D eigenvalue weighted by Crippen LogP contribution is -2.39. The van der Waals surface area contributed by atoms with Gasteiger partial charge in [0, 0.05) is 24.1 Å². The van der Waals surface area contributed by atoms with E-state index in [0.717, 1.165) is 33.9 Å². The van der Waals surface area contributed by atoms with Gasteiger partial charge >= 0.3 is 5.97 Å². The van der Waals surface area contributed by atoms with E-state index in [9.17, 15) is 14.4 Å². The second kappa shape index (κ2) is 11.4. The molecular weight excluding hydrogens is 504 g/mol. The van der Waals surface area contributed by atoms with Crippen molar-refractivity contribution in [2.24, 2.45) is 5.92 Å². The molecule has 40 heavy (non-hydrogen) atoms. The molecular formula is C33H34N2O5. The molecule has 1 heterocycles. The van der Waals surface area contributed by atoms with Gasteiger partial charge in [-0.05, 0) is 65.8 Å². The number of anilines is 2. The number of fused-ring (bicyclic) bond motifs is 1. The molecule has 0 aromatic heterocycles. The summed E-state index contributed by atoms with van der Waals surface area (Å²) in [6, 6.07) is 21.9. The Balaban J connectivity index is 1.66. The molecule has 1 amide bonds. The Bertz CT molecular complexity index is 1460. The molecule has 1 aliphatic carbocycles. The zero-order valence-corrected chi connectivity index (χ0v) is 23.3. The monoisotopic (exact) mass is 538 g/mol. The summed E-state index contributed by atoms with van der Waals surface area (Å²) < 4.78 is 10.2. The van der Waals surface area contributed by atoms with Gasteiger partial charge in [0.05, 0.1) is 37.2 Å². The van der Waals surface area contributed by atoms with Gasteiger partial charge < -0.3 is 14.8 Å². The first-order chi connectivity index (χ1) is 19.3. The average molecular weight is 539 g/mol. The number of esters is 1. The Kier molecular flexibility index (Phi) is 7.74. The van der Waals surface area contributed by atoms with Crippen LogP contribution in [0.5, 0.6) is 5.75 Å². The number of nitrogens with one attached hydrogen (secondary N) is 1. The first-order valence-electron chi connectivity index (χ1n) is 13.6. The normalized spacial score (nSPS) is 18.4. The Labute approximate surface area is 234 Å². The second-order valence-electron chi connectivity index (χ2n) is 10.7. The fourth-order valence-corrected chi connectivity index (χ4v) is 5.66. The van der Waals surface area contributed by atoms with Gasteiger partial charge in [-0.25, -0.2) is 4.79 Å². The summed E-state index contributed by atoms with van der Waals surface area (Å²) in [5.41, 5.74) is 5.12. The number of carbonyl (C=O) groups is 3. The van der Waals surface area contributed by atoms with Crippen molar-refractivity contribution in [2.45, 2.75) is 45.1 Å². The molecule has 3 aromatic carbocycles. The van der Waals surface area contributed by atoms with Crippen molar-refractivity contribution in [3.8, 4) is 5.75 Å². The summed E-state index contributed by atoms with van der Waals surface area (Å²) >= 11 is 0. The van der Waals surface area contributed by atoms with E-state index in [1.54, 1.807) is 24.1 Å². The average Bonchev–Trinajstić information content (AvgIpc) is 3.11. The summed E-state index contributed by atoms with van der Waals surface area (Å²) in [5.74, 6) is 0.368. The van der Waals surface area contributed by atoms with Crippen molar-refractivity contribution in [3.05, 3.63) is 101 Å². The van der Waals surface area contributed by atoms with E-state index in [1.807, 2.05) is 74.5 Å². The van der Waals surface area contributed by atoms with Crippen molar-refractivity contribution in [2.75, 3.05) is 24.4 Å². The van der Waals surface area contributed by atoms with E-state index >= 15 is 0 Å². The van der Waals surface area contributed by atoms with Crippen LogP contribution in [0.25, 0.3) is 0 Å². The molecule has 5 rings (SSSR count). The van der Waals surface area contributed by atoms with Crippen LogP contribution in [0.2, 0.25) is 0 Å². The van der Waals surface area contributed by atoms with E-state index in [2.05, 4.69) is 5.32 Å². The molecule has 1 aliphatic heterocycles. The number of methoxy groups -OCH3 is 2. The number of allylic oxidation sites excluding steroid dienone is 1. The molecule has 206 valence electrons. The maximum atomic E-state index is 14.1. The summed E-state index contributed by atoms with van der Waals surface area (Å²) in [5, 5.41) is 3.56. The lowest BCUT2D eigenvalue weighted by Gasteiger charge is -2.35. The van der Waals surface area contributed by atoms with Crippen molar-refractivity contribution in [1.29, 1.82) is 0 Å². The minimum atomic E-state index is -0.645. The third-order valence-corrected chi connectivity index (χ3v) is 7.57. The number of para-hydroxylation sites is 2. The fourth-order valence-electron chi connectivity index (χ4n) is 5.66. The predicted octanol–water partition coefficient (Wildman–Crippen LogP) is 6.43. The van der Waals surface area contributed by atoms with Crippen LogP contribution >= 0.6 is 0 Å². The molecule has 7 heteroatoms. The van der Waals surface area contributed by atoms with Gasteiger partial charge in [-0.2, -0.15) is 0 Å². The topological polar surface area (TPSA) is 84.9 Å². The van der Waals surface area contributed by atoms with Crippen LogP contribution < -0.4 is 15.0 Å². The summed E-state index contributed by atoms with van der Waals surface area (Å²) in [4.78, 5) is 41.9. The molecule has 0 saturated heterocycles. The first kappa shape index (κ1) is 27.2. The van der Waals surface area contributed by atoms with Crippen LogP contribution in [0.3, 0.4) is 0 Å². The fraction of sp³-hybridized carbons (Fsp3) is 0.303. The maximum absolute atomic E-state index is 14.1. The highest BCUT2D eigenvalue weighted by atomic mass is 16.5. The Morgan fingerprint density at radius 3 is 2.25 bits per heavy atom. The van der Waals surface area contributed by atoms with Crippen molar-refractivity contribution >= 4 is 29.0 Å². The van der Waals surface area contributed by atoms with E-state index in [0.29, 0.717) is 30.4 Å². The summed E-state index contributed by atoms with van der Waals surface area (Å²) in [6.07, 6.45) is 1.27. The van der Waals surface area contributed by atoms with Gasteiger partial charge in [-0.1, -0.05) is 50.2 Å². The number of amides is 1. The van der Waals surface area contributed by atoms with Crippen LogP contribution in [0, 0.1) is 5.92 Å². The Morgan fingerprint density at radius 2 is 1.60 bits per heavy atom. The van der Waals surface area contributed by atoms with Crippen LogP contribution in [0.1, 0.15) is 66.6 Å². The molecule has 2 atom stereocenters. The minimum absolute atomic E-state index is 0.00762.